The average Bonchev–Trinajstić information content (AvgIpc) is 2.14. The van der Waals surface area contributed by atoms with Gasteiger partial charge in [-0.25, -0.2) is 4.79 Å². The Morgan fingerprint density at radius 2 is 2.06 bits per heavy atom. The molecule has 1 rings (SSSR count). The van der Waals surface area contributed by atoms with Crippen molar-refractivity contribution in [3.8, 4) is 0 Å². The van der Waals surface area contributed by atoms with Gasteiger partial charge in [0.15, 0.2) is 11.5 Å². The Hall–Kier alpha value is -1.45. The molecule has 0 saturated heterocycles. The molecule has 4 heteroatoms. The first-order valence-corrected chi connectivity index (χ1v) is 5.62. The zero-order valence-electron chi connectivity index (χ0n) is 11.0. The van der Waals surface area contributed by atoms with Crippen LogP contribution in [0.5, 0.6) is 0 Å². The van der Waals surface area contributed by atoms with Crippen LogP contribution in [0.15, 0.2) is 23.2 Å². The van der Waals surface area contributed by atoms with E-state index in [4.69, 9.17) is 14.6 Å². The number of rotatable bonds is 2. The highest BCUT2D eigenvalue weighted by Crippen LogP contribution is 2.39. The highest BCUT2D eigenvalue weighted by Gasteiger charge is 2.30. The molecule has 0 aromatic heterocycles. The molecular formula is C13H20O4. The lowest BCUT2D eigenvalue weighted by Crippen LogP contribution is -2.23. The normalized spacial score (nSPS) is 21.0. The Morgan fingerprint density at radius 1 is 1.47 bits per heavy atom. The predicted octanol–water partition coefficient (Wildman–Crippen LogP) is 3.55. The van der Waals surface area contributed by atoms with Gasteiger partial charge in [0.05, 0.1) is 7.11 Å². The van der Waals surface area contributed by atoms with Crippen molar-refractivity contribution in [3.63, 3.8) is 0 Å². The van der Waals surface area contributed by atoms with Crippen LogP contribution in [-0.4, -0.2) is 18.4 Å². The van der Waals surface area contributed by atoms with Gasteiger partial charge in [-0.05, 0) is 36.3 Å². The number of ether oxygens (including phenoxy) is 2. The van der Waals surface area contributed by atoms with Crippen LogP contribution in [-0.2, 0) is 9.47 Å². The van der Waals surface area contributed by atoms with Gasteiger partial charge >= 0.3 is 6.16 Å². The molecular weight excluding hydrogens is 220 g/mol. The lowest BCUT2D eigenvalue weighted by Gasteiger charge is -2.32. The standard InChI is InChI=1S/C13H20O4/c1-8-6-9(13(2,3)4)7-10(11(8)16-5)17-12(14)15/h7,9H,6H2,1-5H3,(H,14,15). The summed E-state index contributed by atoms with van der Waals surface area (Å²) in [5.74, 6) is 1.09. The molecule has 1 unspecified atom stereocenters. The summed E-state index contributed by atoms with van der Waals surface area (Å²) in [6.07, 6.45) is 1.40. The molecule has 0 aliphatic heterocycles. The fourth-order valence-electron chi connectivity index (χ4n) is 1.96. The number of hydrogen-bond acceptors (Lipinski definition) is 3. The number of methoxy groups -OCH3 is 1. The van der Waals surface area contributed by atoms with E-state index >= 15 is 0 Å². The minimum Gasteiger partial charge on any atom is -0.493 e. The van der Waals surface area contributed by atoms with Crippen LogP contribution >= 0.6 is 0 Å². The van der Waals surface area contributed by atoms with Gasteiger partial charge in [0.1, 0.15) is 0 Å². The minimum atomic E-state index is -1.31. The average molecular weight is 240 g/mol. The maximum atomic E-state index is 10.7. The van der Waals surface area contributed by atoms with Crippen LogP contribution in [0.25, 0.3) is 0 Å². The lowest BCUT2D eigenvalue weighted by atomic mass is 9.75. The third kappa shape index (κ3) is 3.25. The summed E-state index contributed by atoms with van der Waals surface area (Å²) < 4.78 is 9.99. The highest BCUT2D eigenvalue weighted by atomic mass is 16.7. The Labute approximate surface area is 102 Å². The Kier molecular flexibility index (Phi) is 3.86. The minimum absolute atomic E-state index is 0.0631. The van der Waals surface area contributed by atoms with Gasteiger partial charge in [-0.15, -0.1) is 0 Å². The van der Waals surface area contributed by atoms with Crippen molar-refractivity contribution in [1.82, 2.24) is 0 Å². The fourth-order valence-corrected chi connectivity index (χ4v) is 1.96. The van der Waals surface area contributed by atoms with Crippen molar-refractivity contribution in [1.29, 1.82) is 0 Å². The molecule has 1 aliphatic carbocycles. The molecule has 0 spiro atoms. The second kappa shape index (κ2) is 4.82. The highest BCUT2D eigenvalue weighted by molar-refractivity contribution is 5.60. The number of carbonyl (C=O) groups is 1. The zero-order chi connectivity index (χ0) is 13.2. The summed E-state index contributed by atoms with van der Waals surface area (Å²) in [5, 5.41) is 8.71. The van der Waals surface area contributed by atoms with Crippen LogP contribution in [0.1, 0.15) is 34.1 Å². The summed E-state index contributed by atoms with van der Waals surface area (Å²) in [5.41, 5.74) is 1.08. The maximum absolute atomic E-state index is 10.7. The van der Waals surface area contributed by atoms with E-state index in [0.717, 1.165) is 12.0 Å². The lowest BCUT2D eigenvalue weighted by molar-refractivity contribution is 0.108. The Morgan fingerprint density at radius 3 is 2.47 bits per heavy atom. The maximum Gasteiger partial charge on any atom is 0.511 e. The summed E-state index contributed by atoms with van der Waals surface area (Å²) in [6, 6.07) is 0. The second-order valence-electron chi connectivity index (χ2n) is 5.39. The third-order valence-corrected chi connectivity index (χ3v) is 3.00. The zero-order valence-corrected chi connectivity index (χ0v) is 11.0. The molecule has 96 valence electrons. The second-order valence-corrected chi connectivity index (χ2v) is 5.39. The van der Waals surface area contributed by atoms with Crippen molar-refractivity contribution in [2.24, 2.45) is 11.3 Å². The van der Waals surface area contributed by atoms with E-state index in [1.165, 1.54) is 7.11 Å². The number of allylic oxidation sites excluding steroid dienone is 2. The first-order valence-electron chi connectivity index (χ1n) is 5.62. The Balaban J connectivity index is 3.06. The van der Waals surface area contributed by atoms with Gasteiger partial charge in [-0.1, -0.05) is 20.8 Å². The first-order chi connectivity index (χ1) is 7.75. The quantitative estimate of drug-likeness (QED) is 0.750. The SMILES string of the molecule is COC1=C(C)CC(C(C)(C)C)C=C1OC(=O)O. The molecule has 1 N–H and O–H groups in total. The molecule has 0 radical (unpaired) electrons. The van der Waals surface area contributed by atoms with Gasteiger partial charge < -0.3 is 14.6 Å². The van der Waals surface area contributed by atoms with Gasteiger partial charge in [-0.3, -0.25) is 0 Å². The molecule has 0 bridgehead atoms. The molecule has 0 aromatic rings. The molecule has 0 fully saturated rings. The smallest absolute Gasteiger partial charge is 0.493 e. The molecule has 0 saturated carbocycles. The fraction of sp³-hybridized carbons (Fsp3) is 0.615. The van der Waals surface area contributed by atoms with Crippen LogP contribution in [0, 0.1) is 11.3 Å². The van der Waals surface area contributed by atoms with Gasteiger partial charge in [-0.2, -0.15) is 0 Å². The molecule has 0 aromatic carbocycles. The molecule has 1 aliphatic rings. The van der Waals surface area contributed by atoms with Gasteiger partial charge in [0.25, 0.3) is 0 Å². The van der Waals surface area contributed by atoms with E-state index in [-0.39, 0.29) is 11.3 Å². The van der Waals surface area contributed by atoms with E-state index < -0.39 is 6.16 Å². The van der Waals surface area contributed by atoms with Crippen LogP contribution in [0.4, 0.5) is 4.79 Å². The molecule has 17 heavy (non-hydrogen) atoms. The van der Waals surface area contributed by atoms with Gasteiger partial charge in [0.2, 0.25) is 0 Å². The molecule has 0 amide bonds. The largest absolute Gasteiger partial charge is 0.511 e. The van der Waals surface area contributed by atoms with E-state index in [1.807, 2.05) is 13.0 Å². The van der Waals surface area contributed by atoms with Crippen LogP contribution < -0.4 is 0 Å². The van der Waals surface area contributed by atoms with Crippen LogP contribution in [0.3, 0.4) is 0 Å². The molecule has 1 atom stereocenters. The first kappa shape index (κ1) is 13.6. The number of hydrogen-bond donors (Lipinski definition) is 1. The van der Waals surface area contributed by atoms with Crippen molar-refractivity contribution >= 4 is 6.16 Å². The molecule has 4 nitrogen and oxygen atoms in total. The molecule has 0 heterocycles. The van der Waals surface area contributed by atoms with E-state index in [0.29, 0.717) is 11.5 Å². The summed E-state index contributed by atoms with van der Waals surface area (Å²) in [7, 11) is 1.52. The van der Waals surface area contributed by atoms with Gasteiger partial charge in [0, 0.05) is 0 Å². The monoisotopic (exact) mass is 240 g/mol. The predicted molar refractivity (Wildman–Crippen MR) is 64.5 cm³/mol. The van der Waals surface area contributed by atoms with E-state index in [2.05, 4.69) is 20.8 Å². The van der Waals surface area contributed by atoms with Crippen molar-refractivity contribution in [2.75, 3.05) is 7.11 Å². The summed E-state index contributed by atoms with van der Waals surface area (Å²) >= 11 is 0. The van der Waals surface area contributed by atoms with Crippen LogP contribution in [0.2, 0.25) is 0 Å². The van der Waals surface area contributed by atoms with E-state index in [1.54, 1.807) is 0 Å². The van der Waals surface area contributed by atoms with E-state index in [9.17, 15) is 4.79 Å². The summed E-state index contributed by atoms with van der Waals surface area (Å²) in [4.78, 5) is 10.7. The topological polar surface area (TPSA) is 55.8 Å². The summed E-state index contributed by atoms with van der Waals surface area (Å²) in [6.45, 7) is 8.31. The number of carboxylic acid groups (broad SMARTS) is 1. The Bertz CT molecular complexity index is 371. The van der Waals surface area contributed by atoms with Crippen molar-refractivity contribution in [2.45, 2.75) is 34.1 Å². The van der Waals surface area contributed by atoms with Crippen molar-refractivity contribution < 1.29 is 19.4 Å². The third-order valence-electron chi connectivity index (χ3n) is 3.00. The van der Waals surface area contributed by atoms with Crippen molar-refractivity contribution in [3.05, 3.63) is 23.2 Å².